The van der Waals surface area contributed by atoms with Gasteiger partial charge in [-0.25, -0.2) is 0 Å². The molecule has 3 rings (SSSR count). The third kappa shape index (κ3) is 4.26. The number of aromatic nitrogens is 2. The van der Waals surface area contributed by atoms with Crippen molar-refractivity contribution < 1.29 is 9.59 Å². The molecule has 3 N–H and O–H groups in total. The van der Waals surface area contributed by atoms with Crippen LogP contribution in [0.1, 0.15) is 52.5 Å². The van der Waals surface area contributed by atoms with Crippen LogP contribution in [0.25, 0.3) is 0 Å². The van der Waals surface area contributed by atoms with Gasteiger partial charge in [0.25, 0.3) is 5.91 Å². The maximum Gasteiger partial charge on any atom is 0.269 e. The number of benzene rings is 1. The summed E-state index contributed by atoms with van der Waals surface area (Å²) in [6.45, 7) is 3.51. The number of primary amides is 1. The first-order valence-corrected chi connectivity index (χ1v) is 8.71. The molecular formula is C19H24N4O2. The minimum absolute atomic E-state index is 0.178. The molecular weight excluding hydrogens is 316 g/mol. The lowest BCUT2D eigenvalue weighted by Crippen LogP contribution is -2.39. The Labute approximate surface area is 147 Å². The summed E-state index contributed by atoms with van der Waals surface area (Å²) in [6.07, 6.45) is 3.20. The number of amides is 2. The van der Waals surface area contributed by atoms with Gasteiger partial charge in [0.05, 0.1) is 0 Å². The molecule has 1 aliphatic rings. The predicted octanol–water partition coefficient (Wildman–Crippen LogP) is 2.16. The van der Waals surface area contributed by atoms with E-state index < -0.39 is 5.91 Å². The molecule has 1 atom stereocenters. The number of carbonyl (C=O) groups excluding carboxylic acids is 2. The Morgan fingerprint density at radius 2 is 2.08 bits per heavy atom. The van der Waals surface area contributed by atoms with Crippen molar-refractivity contribution in [2.24, 2.45) is 5.73 Å². The highest BCUT2D eigenvalue weighted by Crippen LogP contribution is 2.26. The summed E-state index contributed by atoms with van der Waals surface area (Å²) in [7, 11) is 0. The molecule has 1 aliphatic heterocycles. The zero-order valence-corrected chi connectivity index (χ0v) is 14.5. The summed E-state index contributed by atoms with van der Waals surface area (Å²) in [5.74, 6) is -0.179. The number of hydrogen-bond acceptors (Lipinski definition) is 3. The van der Waals surface area contributed by atoms with E-state index in [4.69, 9.17) is 5.73 Å². The molecule has 1 aromatic heterocycles. The third-order valence-corrected chi connectivity index (χ3v) is 4.81. The average molecular weight is 340 g/mol. The van der Waals surface area contributed by atoms with E-state index in [9.17, 15) is 9.59 Å². The van der Waals surface area contributed by atoms with Gasteiger partial charge in [-0.15, -0.1) is 0 Å². The first kappa shape index (κ1) is 17.2. The summed E-state index contributed by atoms with van der Waals surface area (Å²) >= 11 is 0. The number of aryl methyl sites for hydroxylation is 2. The van der Waals surface area contributed by atoms with Gasteiger partial charge >= 0.3 is 0 Å². The van der Waals surface area contributed by atoms with E-state index in [1.165, 1.54) is 11.1 Å². The van der Waals surface area contributed by atoms with E-state index in [1.54, 1.807) is 6.07 Å². The molecule has 132 valence electrons. The minimum atomic E-state index is -0.538. The SMILES string of the molecule is Cc1ccc(CCC(=O)N2CCC[C@H](c3cc(C(N)=O)n[nH]3)C2)cc1. The Morgan fingerprint density at radius 3 is 2.76 bits per heavy atom. The van der Waals surface area contributed by atoms with Gasteiger partial charge < -0.3 is 10.6 Å². The van der Waals surface area contributed by atoms with Gasteiger partial charge in [0.1, 0.15) is 5.69 Å². The highest BCUT2D eigenvalue weighted by molar-refractivity contribution is 5.90. The van der Waals surface area contributed by atoms with E-state index in [-0.39, 0.29) is 17.5 Å². The Hall–Kier alpha value is -2.63. The molecule has 1 aromatic carbocycles. The number of hydrogen-bond donors (Lipinski definition) is 2. The fourth-order valence-electron chi connectivity index (χ4n) is 3.29. The van der Waals surface area contributed by atoms with Crippen LogP contribution in [0.5, 0.6) is 0 Å². The Kier molecular flexibility index (Phi) is 5.16. The molecule has 6 heteroatoms. The van der Waals surface area contributed by atoms with Crippen molar-refractivity contribution in [1.82, 2.24) is 15.1 Å². The second-order valence-electron chi connectivity index (χ2n) is 6.74. The van der Waals surface area contributed by atoms with Gasteiger partial charge in [0.2, 0.25) is 5.91 Å². The molecule has 0 radical (unpaired) electrons. The van der Waals surface area contributed by atoms with Gasteiger partial charge in [0, 0.05) is 31.1 Å². The Bertz CT molecular complexity index is 751. The third-order valence-electron chi connectivity index (χ3n) is 4.81. The average Bonchev–Trinajstić information content (AvgIpc) is 3.11. The van der Waals surface area contributed by atoms with Crippen LogP contribution in [0.4, 0.5) is 0 Å². The predicted molar refractivity (Wildman–Crippen MR) is 95.2 cm³/mol. The number of aromatic amines is 1. The van der Waals surface area contributed by atoms with E-state index in [2.05, 4.69) is 41.4 Å². The molecule has 1 fully saturated rings. The largest absolute Gasteiger partial charge is 0.364 e. The topological polar surface area (TPSA) is 92.1 Å². The van der Waals surface area contributed by atoms with Gasteiger partial charge in [0.15, 0.2) is 0 Å². The van der Waals surface area contributed by atoms with Crippen molar-refractivity contribution in [2.45, 2.75) is 38.5 Å². The van der Waals surface area contributed by atoms with Crippen LogP contribution in [0.3, 0.4) is 0 Å². The fourth-order valence-corrected chi connectivity index (χ4v) is 3.29. The minimum Gasteiger partial charge on any atom is -0.364 e. The normalized spacial score (nSPS) is 17.5. The van der Waals surface area contributed by atoms with Crippen LogP contribution in [0, 0.1) is 6.92 Å². The summed E-state index contributed by atoms with van der Waals surface area (Å²) < 4.78 is 0. The molecule has 25 heavy (non-hydrogen) atoms. The molecule has 0 unspecified atom stereocenters. The lowest BCUT2D eigenvalue weighted by Gasteiger charge is -2.32. The summed E-state index contributed by atoms with van der Waals surface area (Å²) in [4.78, 5) is 25.7. The van der Waals surface area contributed by atoms with Crippen molar-refractivity contribution in [1.29, 1.82) is 0 Å². The standard InChI is InChI=1S/C19H24N4O2/c1-13-4-6-14(7-5-13)8-9-18(24)23-10-2-3-15(12-23)16-11-17(19(20)25)22-21-16/h4-7,11,15H,2-3,8-10,12H2,1H3,(H2,20,25)(H,21,22)/t15-/m0/s1. The van der Waals surface area contributed by atoms with Crippen LogP contribution >= 0.6 is 0 Å². The molecule has 0 bridgehead atoms. The summed E-state index contributed by atoms with van der Waals surface area (Å²) in [5, 5.41) is 6.83. The molecule has 2 amide bonds. The number of nitrogens with two attached hydrogens (primary N) is 1. The van der Waals surface area contributed by atoms with Crippen LogP contribution < -0.4 is 5.73 Å². The highest BCUT2D eigenvalue weighted by Gasteiger charge is 2.26. The lowest BCUT2D eigenvalue weighted by atomic mass is 9.94. The van der Waals surface area contributed by atoms with Crippen LogP contribution in [-0.2, 0) is 11.2 Å². The smallest absolute Gasteiger partial charge is 0.269 e. The Balaban J connectivity index is 1.57. The summed E-state index contributed by atoms with van der Waals surface area (Å²) in [5.41, 5.74) is 8.79. The molecule has 0 spiro atoms. The van der Waals surface area contributed by atoms with E-state index in [1.807, 2.05) is 4.90 Å². The first-order valence-electron chi connectivity index (χ1n) is 8.71. The van der Waals surface area contributed by atoms with Crippen LogP contribution in [0.15, 0.2) is 30.3 Å². The number of piperidine rings is 1. The zero-order valence-electron chi connectivity index (χ0n) is 14.5. The fraction of sp³-hybridized carbons (Fsp3) is 0.421. The van der Waals surface area contributed by atoms with Gasteiger partial charge in [-0.2, -0.15) is 5.10 Å². The quantitative estimate of drug-likeness (QED) is 0.873. The Morgan fingerprint density at radius 1 is 1.32 bits per heavy atom. The molecule has 2 heterocycles. The second-order valence-corrected chi connectivity index (χ2v) is 6.74. The maximum atomic E-state index is 12.6. The number of H-pyrrole nitrogens is 1. The molecule has 0 saturated carbocycles. The van der Waals surface area contributed by atoms with E-state index >= 15 is 0 Å². The molecule has 0 aliphatic carbocycles. The van der Waals surface area contributed by atoms with Crippen molar-refractivity contribution in [3.8, 4) is 0 Å². The molecule has 1 saturated heterocycles. The number of nitrogens with one attached hydrogen (secondary N) is 1. The first-order chi connectivity index (χ1) is 12.0. The van der Waals surface area contributed by atoms with Gasteiger partial charge in [-0.1, -0.05) is 29.8 Å². The van der Waals surface area contributed by atoms with Crippen LogP contribution in [-0.4, -0.2) is 40.0 Å². The van der Waals surface area contributed by atoms with Crippen molar-refractivity contribution in [3.63, 3.8) is 0 Å². The van der Waals surface area contributed by atoms with Crippen LogP contribution in [0.2, 0.25) is 0 Å². The number of carbonyl (C=O) groups is 2. The summed E-state index contributed by atoms with van der Waals surface area (Å²) in [6, 6.07) is 10.0. The van der Waals surface area contributed by atoms with Crippen molar-refractivity contribution in [3.05, 3.63) is 52.8 Å². The zero-order chi connectivity index (χ0) is 17.8. The number of rotatable bonds is 5. The van der Waals surface area contributed by atoms with Crippen molar-refractivity contribution >= 4 is 11.8 Å². The lowest BCUT2D eigenvalue weighted by molar-refractivity contribution is -0.132. The van der Waals surface area contributed by atoms with Gasteiger partial charge in [-0.3, -0.25) is 14.7 Å². The van der Waals surface area contributed by atoms with E-state index in [0.717, 1.165) is 31.5 Å². The number of likely N-dealkylation sites (tertiary alicyclic amines) is 1. The van der Waals surface area contributed by atoms with Gasteiger partial charge in [-0.05, 0) is 37.8 Å². The monoisotopic (exact) mass is 340 g/mol. The van der Waals surface area contributed by atoms with Crippen molar-refractivity contribution in [2.75, 3.05) is 13.1 Å². The highest BCUT2D eigenvalue weighted by atomic mass is 16.2. The molecule has 6 nitrogen and oxygen atoms in total. The molecule has 2 aromatic rings. The number of nitrogens with zero attached hydrogens (tertiary/aromatic N) is 2. The second kappa shape index (κ2) is 7.51. The van der Waals surface area contributed by atoms with E-state index in [0.29, 0.717) is 13.0 Å². The maximum absolute atomic E-state index is 12.6.